The van der Waals surface area contributed by atoms with Crippen molar-refractivity contribution in [2.45, 2.75) is 16.3 Å². The third-order valence-electron chi connectivity index (χ3n) is 5.18. The van der Waals surface area contributed by atoms with Crippen LogP contribution < -0.4 is 0 Å². The molecule has 0 unspecified atom stereocenters. The van der Waals surface area contributed by atoms with Gasteiger partial charge in [0.05, 0.1) is 4.90 Å². The molecule has 0 radical (unpaired) electrons. The lowest BCUT2D eigenvalue weighted by atomic mass is 10.2. The minimum absolute atomic E-state index is 0.0153. The second-order valence-electron chi connectivity index (χ2n) is 7.16. The molecule has 0 atom stereocenters. The molecule has 0 bridgehead atoms. The normalized spacial score (nSPS) is 16.5. The van der Waals surface area contributed by atoms with Gasteiger partial charge >= 0.3 is 0 Å². The number of aromatic nitrogens is 1. The molecule has 9 heteroatoms. The average Bonchev–Trinajstić information content (AvgIpc) is 3.28. The number of piperazine rings is 1. The highest BCUT2D eigenvalue weighted by Crippen LogP contribution is 2.21. The summed E-state index contributed by atoms with van der Waals surface area (Å²) >= 11 is 0. The van der Waals surface area contributed by atoms with Crippen molar-refractivity contribution >= 4 is 20.0 Å². The van der Waals surface area contributed by atoms with E-state index >= 15 is 0 Å². The van der Waals surface area contributed by atoms with Gasteiger partial charge in [0.2, 0.25) is 10.0 Å². The Morgan fingerprint density at radius 3 is 1.90 bits per heavy atom. The van der Waals surface area contributed by atoms with Crippen LogP contribution in [0.3, 0.4) is 0 Å². The largest absolute Gasteiger partial charge is 0.296 e. The van der Waals surface area contributed by atoms with Crippen LogP contribution in [0.1, 0.15) is 5.56 Å². The molecule has 1 saturated heterocycles. The molecule has 1 aliphatic heterocycles. The number of rotatable bonds is 6. The van der Waals surface area contributed by atoms with E-state index in [0.29, 0.717) is 26.2 Å². The first-order valence-electron chi connectivity index (χ1n) is 9.62. The van der Waals surface area contributed by atoms with E-state index in [9.17, 15) is 16.8 Å². The molecule has 4 rings (SSSR count). The molecule has 1 aliphatic rings. The Balaban J connectivity index is 1.46. The van der Waals surface area contributed by atoms with Gasteiger partial charge in [-0.2, -0.15) is 4.31 Å². The summed E-state index contributed by atoms with van der Waals surface area (Å²) in [5, 5.41) is 0. The molecule has 1 aromatic heterocycles. The van der Waals surface area contributed by atoms with Crippen LogP contribution in [0.15, 0.2) is 88.9 Å². The SMILES string of the molecule is O=S(=O)(c1ccn(S(=O)(=O)c2ccccc2)c1)N1CCN(Cc2ccccc2)CC1. The molecule has 2 heterocycles. The van der Waals surface area contributed by atoms with Gasteiger partial charge < -0.3 is 0 Å². The summed E-state index contributed by atoms with van der Waals surface area (Å²) in [5.74, 6) is 0. The van der Waals surface area contributed by atoms with Gasteiger partial charge in [0, 0.05) is 45.1 Å². The smallest absolute Gasteiger partial charge is 0.267 e. The molecule has 0 saturated carbocycles. The fourth-order valence-corrected chi connectivity index (χ4v) is 6.20. The zero-order valence-corrected chi connectivity index (χ0v) is 18.0. The number of hydrogen-bond acceptors (Lipinski definition) is 5. The van der Waals surface area contributed by atoms with E-state index < -0.39 is 20.0 Å². The van der Waals surface area contributed by atoms with E-state index in [0.717, 1.165) is 10.5 Å². The molecule has 7 nitrogen and oxygen atoms in total. The van der Waals surface area contributed by atoms with Crippen LogP contribution in [-0.2, 0) is 26.6 Å². The lowest BCUT2D eigenvalue weighted by Gasteiger charge is -2.33. The quantitative estimate of drug-likeness (QED) is 0.581. The summed E-state index contributed by atoms with van der Waals surface area (Å²) in [7, 11) is -7.59. The summed E-state index contributed by atoms with van der Waals surface area (Å²) in [4.78, 5) is 2.31. The average molecular weight is 446 g/mol. The zero-order chi connectivity index (χ0) is 21.2. The van der Waals surface area contributed by atoms with Gasteiger partial charge in [-0.15, -0.1) is 0 Å². The van der Waals surface area contributed by atoms with E-state index in [2.05, 4.69) is 17.0 Å². The predicted octanol–water partition coefficient (Wildman–Crippen LogP) is 2.23. The molecule has 30 heavy (non-hydrogen) atoms. The van der Waals surface area contributed by atoms with Crippen LogP contribution >= 0.6 is 0 Å². The monoisotopic (exact) mass is 445 g/mol. The topological polar surface area (TPSA) is 79.7 Å². The highest BCUT2D eigenvalue weighted by molar-refractivity contribution is 7.90. The highest BCUT2D eigenvalue weighted by atomic mass is 32.2. The van der Waals surface area contributed by atoms with Crippen LogP contribution in [0.2, 0.25) is 0 Å². The van der Waals surface area contributed by atoms with Gasteiger partial charge in [0.15, 0.2) is 0 Å². The summed E-state index contributed by atoms with van der Waals surface area (Å²) in [6.45, 7) is 2.76. The molecule has 2 aromatic carbocycles. The molecule has 0 amide bonds. The van der Waals surface area contributed by atoms with Gasteiger partial charge in [-0.05, 0) is 23.8 Å². The minimum Gasteiger partial charge on any atom is -0.296 e. The summed E-state index contributed by atoms with van der Waals surface area (Å²) in [6.07, 6.45) is 2.45. The minimum atomic E-state index is -3.83. The number of sulfonamides is 1. The van der Waals surface area contributed by atoms with Crippen LogP contribution in [0, 0.1) is 0 Å². The van der Waals surface area contributed by atoms with Gasteiger partial charge in [-0.3, -0.25) is 4.90 Å². The Morgan fingerprint density at radius 2 is 1.27 bits per heavy atom. The molecular formula is C21H23N3O4S2. The second kappa shape index (κ2) is 8.35. The Bertz CT molecular complexity index is 1200. The molecule has 1 fully saturated rings. The highest BCUT2D eigenvalue weighted by Gasteiger charge is 2.30. The zero-order valence-electron chi connectivity index (χ0n) is 16.3. The van der Waals surface area contributed by atoms with Crippen molar-refractivity contribution in [2.24, 2.45) is 0 Å². The molecule has 0 aliphatic carbocycles. The van der Waals surface area contributed by atoms with Crippen LogP contribution in [-0.4, -0.2) is 56.2 Å². The van der Waals surface area contributed by atoms with Crippen LogP contribution in [0.25, 0.3) is 0 Å². The van der Waals surface area contributed by atoms with Crippen LogP contribution in [0.4, 0.5) is 0 Å². The van der Waals surface area contributed by atoms with Gasteiger partial charge in [0.25, 0.3) is 10.0 Å². The fourth-order valence-electron chi connectivity index (χ4n) is 3.49. The van der Waals surface area contributed by atoms with Crippen molar-refractivity contribution in [3.63, 3.8) is 0 Å². The van der Waals surface area contributed by atoms with Gasteiger partial charge in [-0.1, -0.05) is 48.5 Å². The van der Waals surface area contributed by atoms with Crippen molar-refractivity contribution in [1.82, 2.24) is 13.2 Å². The number of hydrogen-bond donors (Lipinski definition) is 0. The first kappa shape index (κ1) is 20.8. The Hall–Kier alpha value is -2.46. The van der Waals surface area contributed by atoms with Crippen molar-refractivity contribution in [2.75, 3.05) is 26.2 Å². The molecule has 0 N–H and O–H groups in total. The molecule has 158 valence electrons. The standard InChI is InChI=1S/C21H23N3O4S2/c25-29(26,20-9-5-2-6-10-20)24-12-11-21(18-24)30(27,28)23-15-13-22(14-16-23)17-19-7-3-1-4-8-19/h1-12,18H,13-17H2. The van der Waals surface area contributed by atoms with E-state index in [1.807, 2.05) is 18.2 Å². The maximum absolute atomic E-state index is 13.0. The predicted molar refractivity (Wildman–Crippen MR) is 114 cm³/mol. The summed E-state index contributed by atoms with van der Waals surface area (Å²) < 4.78 is 53.9. The van der Waals surface area contributed by atoms with E-state index in [1.54, 1.807) is 18.2 Å². The van der Waals surface area contributed by atoms with E-state index in [4.69, 9.17) is 0 Å². The third kappa shape index (κ3) is 4.20. The lowest BCUT2D eigenvalue weighted by Crippen LogP contribution is -2.48. The van der Waals surface area contributed by atoms with Crippen molar-refractivity contribution < 1.29 is 16.8 Å². The van der Waals surface area contributed by atoms with Crippen molar-refractivity contribution in [1.29, 1.82) is 0 Å². The van der Waals surface area contributed by atoms with Crippen molar-refractivity contribution in [3.05, 3.63) is 84.7 Å². The first-order valence-corrected chi connectivity index (χ1v) is 12.5. The molecule has 3 aromatic rings. The second-order valence-corrected chi connectivity index (χ2v) is 10.9. The maximum atomic E-state index is 13.0. The summed E-state index contributed by atoms with van der Waals surface area (Å²) in [6, 6.07) is 19.3. The molecular weight excluding hydrogens is 422 g/mol. The van der Waals surface area contributed by atoms with E-state index in [1.165, 1.54) is 40.5 Å². The summed E-state index contributed by atoms with van der Waals surface area (Å²) in [5.41, 5.74) is 1.19. The van der Waals surface area contributed by atoms with Gasteiger partial charge in [0.1, 0.15) is 4.90 Å². The maximum Gasteiger partial charge on any atom is 0.267 e. The Labute approximate surface area is 177 Å². The number of nitrogens with zero attached hydrogens (tertiary/aromatic N) is 3. The first-order chi connectivity index (χ1) is 14.4. The third-order valence-corrected chi connectivity index (χ3v) is 8.71. The Morgan fingerprint density at radius 1 is 0.667 bits per heavy atom. The molecule has 0 spiro atoms. The Kier molecular flexibility index (Phi) is 5.79. The number of benzene rings is 2. The van der Waals surface area contributed by atoms with Crippen molar-refractivity contribution in [3.8, 4) is 0 Å². The van der Waals surface area contributed by atoms with E-state index in [-0.39, 0.29) is 9.79 Å². The lowest BCUT2D eigenvalue weighted by molar-refractivity contribution is 0.181. The van der Waals surface area contributed by atoms with Gasteiger partial charge in [-0.25, -0.2) is 20.8 Å². The van der Waals surface area contributed by atoms with Crippen LogP contribution in [0.5, 0.6) is 0 Å². The fraction of sp³-hybridized carbons (Fsp3) is 0.238.